The molecule has 2 aromatic carbocycles. The lowest BCUT2D eigenvalue weighted by molar-refractivity contribution is 0.977. The van der Waals surface area contributed by atoms with Crippen LogP contribution in [0.5, 0.6) is 0 Å². The Hall–Kier alpha value is -3.34. The van der Waals surface area contributed by atoms with Crippen molar-refractivity contribution in [3.8, 4) is 11.4 Å². The minimum atomic E-state index is 0.553. The molecule has 0 bridgehead atoms. The number of nitrogens with two attached hydrogens (primary N) is 1. The first-order valence-corrected chi connectivity index (χ1v) is 7.79. The summed E-state index contributed by atoms with van der Waals surface area (Å²) in [7, 11) is 0. The normalized spacial score (nSPS) is 10.8. The van der Waals surface area contributed by atoms with Gasteiger partial charge in [-0.15, -0.1) is 5.10 Å². The number of anilines is 2. The third-order valence-electron chi connectivity index (χ3n) is 3.84. The van der Waals surface area contributed by atoms with E-state index in [2.05, 4.69) is 27.5 Å². The minimum absolute atomic E-state index is 0.553. The van der Waals surface area contributed by atoms with E-state index in [4.69, 9.17) is 5.73 Å². The van der Waals surface area contributed by atoms with Crippen molar-refractivity contribution in [3.05, 3.63) is 78.4 Å². The number of fused-ring (bicyclic) bond motifs is 1. The van der Waals surface area contributed by atoms with Gasteiger partial charge in [0.05, 0.1) is 0 Å². The van der Waals surface area contributed by atoms with Crippen LogP contribution in [0.2, 0.25) is 0 Å². The smallest absolute Gasteiger partial charge is 0.182 e. The first kappa shape index (κ1) is 14.3. The molecule has 5 heteroatoms. The van der Waals surface area contributed by atoms with E-state index in [1.165, 1.54) is 5.56 Å². The lowest BCUT2D eigenvalue weighted by Gasteiger charge is -2.08. The first-order valence-electron chi connectivity index (χ1n) is 7.79. The molecular weight excluding hydrogens is 298 g/mol. The molecule has 4 rings (SSSR count). The summed E-state index contributed by atoms with van der Waals surface area (Å²) < 4.78 is 1.66. The van der Waals surface area contributed by atoms with Crippen LogP contribution in [0.4, 0.5) is 11.5 Å². The van der Waals surface area contributed by atoms with E-state index in [-0.39, 0.29) is 0 Å². The van der Waals surface area contributed by atoms with Crippen molar-refractivity contribution in [3.63, 3.8) is 0 Å². The number of benzene rings is 2. The standard InChI is InChI=1S/C19H17N5/c20-17-11-16(21-13-14-7-3-1-4-8-14)12-18-22-19(23-24(17)18)15-9-5-2-6-10-15/h1-12,21H,13,20H2. The molecular formula is C19H17N5. The molecule has 0 atom stereocenters. The topological polar surface area (TPSA) is 68.2 Å². The summed E-state index contributed by atoms with van der Waals surface area (Å²) in [4.78, 5) is 4.59. The van der Waals surface area contributed by atoms with E-state index in [9.17, 15) is 0 Å². The van der Waals surface area contributed by atoms with Crippen molar-refractivity contribution in [1.29, 1.82) is 0 Å². The summed E-state index contributed by atoms with van der Waals surface area (Å²) in [5.41, 5.74) is 9.97. The Morgan fingerprint density at radius 3 is 2.38 bits per heavy atom. The number of hydrogen-bond acceptors (Lipinski definition) is 4. The van der Waals surface area contributed by atoms with Crippen LogP contribution >= 0.6 is 0 Å². The number of rotatable bonds is 4. The summed E-state index contributed by atoms with van der Waals surface area (Å²) in [5.74, 6) is 1.22. The van der Waals surface area contributed by atoms with Crippen molar-refractivity contribution in [2.24, 2.45) is 0 Å². The maximum Gasteiger partial charge on any atom is 0.182 e. The van der Waals surface area contributed by atoms with Crippen LogP contribution in [0.3, 0.4) is 0 Å². The average molecular weight is 315 g/mol. The lowest BCUT2D eigenvalue weighted by Crippen LogP contribution is -2.03. The Balaban J connectivity index is 1.64. The van der Waals surface area contributed by atoms with Gasteiger partial charge in [0.2, 0.25) is 0 Å². The SMILES string of the molecule is Nc1cc(NCc2ccccc2)cc2nc(-c3ccccc3)nn12. The fourth-order valence-electron chi connectivity index (χ4n) is 2.62. The van der Waals surface area contributed by atoms with Crippen LogP contribution in [0.25, 0.3) is 17.0 Å². The summed E-state index contributed by atoms with van der Waals surface area (Å²) in [6.45, 7) is 0.732. The first-order chi connectivity index (χ1) is 11.8. The molecule has 24 heavy (non-hydrogen) atoms. The third kappa shape index (κ3) is 2.79. The maximum absolute atomic E-state index is 6.14. The molecule has 3 N–H and O–H groups in total. The molecule has 0 aliphatic heterocycles. The van der Waals surface area contributed by atoms with Gasteiger partial charge < -0.3 is 11.1 Å². The molecule has 0 spiro atoms. The third-order valence-corrected chi connectivity index (χ3v) is 3.84. The fourth-order valence-corrected chi connectivity index (χ4v) is 2.62. The Morgan fingerprint density at radius 1 is 0.917 bits per heavy atom. The van der Waals surface area contributed by atoms with Gasteiger partial charge in [-0.25, -0.2) is 4.98 Å². The summed E-state index contributed by atoms with van der Waals surface area (Å²) in [5, 5.41) is 7.88. The van der Waals surface area contributed by atoms with Crippen molar-refractivity contribution in [1.82, 2.24) is 14.6 Å². The fraction of sp³-hybridized carbons (Fsp3) is 0.0526. The Bertz CT molecular complexity index is 961. The van der Waals surface area contributed by atoms with Gasteiger partial charge in [0.15, 0.2) is 11.5 Å². The van der Waals surface area contributed by atoms with E-state index < -0.39 is 0 Å². The predicted molar refractivity (Wildman–Crippen MR) is 96.6 cm³/mol. The highest BCUT2D eigenvalue weighted by Crippen LogP contribution is 2.21. The highest BCUT2D eigenvalue weighted by molar-refractivity contribution is 5.65. The maximum atomic E-state index is 6.14. The number of hydrogen-bond donors (Lipinski definition) is 2. The molecule has 0 amide bonds. The molecule has 0 aliphatic carbocycles. The van der Waals surface area contributed by atoms with Gasteiger partial charge in [-0.05, 0) is 5.56 Å². The van der Waals surface area contributed by atoms with Gasteiger partial charge in [-0.2, -0.15) is 4.52 Å². The summed E-state index contributed by atoms with van der Waals surface area (Å²) in [6.07, 6.45) is 0. The van der Waals surface area contributed by atoms with Gasteiger partial charge in [0.25, 0.3) is 0 Å². The molecule has 0 unspecified atom stereocenters. The zero-order valence-corrected chi connectivity index (χ0v) is 13.1. The zero-order chi connectivity index (χ0) is 16.4. The van der Waals surface area contributed by atoms with Crippen molar-refractivity contribution < 1.29 is 0 Å². The molecule has 0 radical (unpaired) electrons. The Labute approximate surface area is 139 Å². The molecule has 0 aliphatic rings. The van der Waals surface area contributed by atoms with E-state index in [1.54, 1.807) is 4.52 Å². The molecule has 0 fully saturated rings. The molecule has 118 valence electrons. The quantitative estimate of drug-likeness (QED) is 0.604. The monoisotopic (exact) mass is 315 g/mol. The second-order valence-corrected chi connectivity index (χ2v) is 5.58. The molecule has 0 saturated heterocycles. The largest absolute Gasteiger partial charge is 0.384 e. The number of nitrogens with zero attached hydrogens (tertiary/aromatic N) is 3. The second kappa shape index (κ2) is 6.04. The predicted octanol–water partition coefficient (Wildman–Crippen LogP) is 3.59. The van der Waals surface area contributed by atoms with Gasteiger partial charge in [0, 0.05) is 29.9 Å². The van der Waals surface area contributed by atoms with Crippen molar-refractivity contribution in [2.75, 3.05) is 11.1 Å². The minimum Gasteiger partial charge on any atom is -0.384 e. The van der Waals surface area contributed by atoms with E-state index >= 15 is 0 Å². The number of aromatic nitrogens is 3. The summed E-state index contributed by atoms with van der Waals surface area (Å²) >= 11 is 0. The van der Waals surface area contributed by atoms with E-state index in [1.807, 2.05) is 60.7 Å². The van der Waals surface area contributed by atoms with Gasteiger partial charge >= 0.3 is 0 Å². The molecule has 2 aromatic heterocycles. The van der Waals surface area contributed by atoms with Crippen molar-refractivity contribution >= 4 is 17.2 Å². The average Bonchev–Trinajstić information content (AvgIpc) is 3.06. The lowest BCUT2D eigenvalue weighted by atomic mass is 10.2. The highest BCUT2D eigenvalue weighted by atomic mass is 15.3. The van der Waals surface area contributed by atoms with Crippen LogP contribution in [0.1, 0.15) is 5.56 Å². The molecule has 2 heterocycles. The van der Waals surface area contributed by atoms with Gasteiger partial charge in [0.1, 0.15) is 5.82 Å². The van der Waals surface area contributed by atoms with Crippen LogP contribution in [0.15, 0.2) is 72.8 Å². The van der Waals surface area contributed by atoms with Gasteiger partial charge in [-0.3, -0.25) is 0 Å². The number of nitrogens with one attached hydrogen (secondary N) is 1. The number of nitrogen functional groups attached to an aromatic ring is 1. The highest BCUT2D eigenvalue weighted by Gasteiger charge is 2.09. The Kier molecular flexibility index (Phi) is 3.59. The van der Waals surface area contributed by atoms with E-state index in [0.29, 0.717) is 11.6 Å². The Morgan fingerprint density at radius 2 is 1.62 bits per heavy atom. The zero-order valence-electron chi connectivity index (χ0n) is 13.1. The van der Waals surface area contributed by atoms with Crippen molar-refractivity contribution in [2.45, 2.75) is 6.54 Å². The van der Waals surface area contributed by atoms with Crippen LogP contribution in [0, 0.1) is 0 Å². The van der Waals surface area contributed by atoms with Crippen LogP contribution in [-0.2, 0) is 6.54 Å². The van der Waals surface area contributed by atoms with Gasteiger partial charge in [-0.1, -0.05) is 60.7 Å². The number of pyridine rings is 1. The second-order valence-electron chi connectivity index (χ2n) is 5.58. The van der Waals surface area contributed by atoms with Crippen LogP contribution in [-0.4, -0.2) is 14.6 Å². The summed E-state index contributed by atoms with van der Waals surface area (Å²) in [6, 6.07) is 23.9. The van der Waals surface area contributed by atoms with E-state index in [0.717, 1.165) is 23.4 Å². The van der Waals surface area contributed by atoms with Crippen LogP contribution < -0.4 is 11.1 Å². The molecule has 4 aromatic rings. The molecule has 5 nitrogen and oxygen atoms in total. The molecule has 0 saturated carbocycles.